The Morgan fingerprint density at radius 2 is 2.25 bits per heavy atom. The largest absolute Gasteiger partial charge is 0.381 e. The Hall–Kier alpha value is -0.120. The zero-order chi connectivity index (χ0) is 11.4. The number of likely N-dealkylation sites (tertiary alicyclic amines) is 1. The zero-order valence-corrected chi connectivity index (χ0v) is 10.7. The quantitative estimate of drug-likeness (QED) is 0.768. The van der Waals surface area contributed by atoms with Gasteiger partial charge in [0.15, 0.2) is 0 Å². The normalized spacial score (nSPS) is 31.7. The molecule has 0 aromatic carbocycles. The third-order valence-electron chi connectivity index (χ3n) is 3.72. The maximum Gasteiger partial charge on any atom is 0.0495 e. The molecule has 0 amide bonds. The van der Waals surface area contributed by atoms with Crippen LogP contribution in [0.4, 0.5) is 0 Å². The lowest BCUT2D eigenvalue weighted by atomic mass is 10.1. The lowest BCUT2D eigenvalue weighted by molar-refractivity contribution is 0.180. The molecule has 2 saturated heterocycles. The van der Waals surface area contributed by atoms with E-state index in [1.54, 1.807) is 0 Å². The van der Waals surface area contributed by atoms with Crippen molar-refractivity contribution in [2.75, 3.05) is 32.8 Å². The highest BCUT2D eigenvalue weighted by Crippen LogP contribution is 2.18. The lowest BCUT2D eigenvalue weighted by Crippen LogP contribution is -2.37. The maximum absolute atomic E-state index is 5.42. The Morgan fingerprint density at radius 3 is 2.94 bits per heavy atom. The molecule has 2 unspecified atom stereocenters. The lowest BCUT2D eigenvalue weighted by Gasteiger charge is -2.19. The van der Waals surface area contributed by atoms with Crippen molar-refractivity contribution in [3.8, 4) is 0 Å². The van der Waals surface area contributed by atoms with Gasteiger partial charge in [-0.25, -0.2) is 0 Å². The van der Waals surface area contributed by atoms with Gasteiger partial charge in [0.2, 0.25) is 0 Å². The minimum atomic E-state index is 0.619. The number of hydrogen-bond donors (Lipinski definition) is 1. The molecule has 16 heavy (non-hydrogen) atoms. The first-order valence-electron chi connectivity index (χ1n) is 6.80. The SMILES string of the molecule is CC(C)NC1CCN(CCC2CCOC2)C1. The fraction of sp³-hybridized carbons (Fsp3) is 1.00. The van der Waals surface area contributed by atoms with Crippen LogP contribution in [-0.4, -0.2) is 49.8 Å². The van der Waals surface area contributed by atoms with Crippen LogP contribution in [-0.2, 0) is 4.74 Å². The fourth-order valence-electron chi connectivity index (χ4n) is 2.82. The molecule has 2 rings (SSSR count). The molecule has 3 heteroatoms. The number of nitrogens with zero attached hydrogens (tertiary/aromatic N) is 1. The second-order valence-corrected chi connectivity index (χ2v) is 5.63. The van der Waals surface area contributed by atoms with Crippen LogP contribution in [0.2, 0.25) is 0 Å². The van der Waals surface area contributed by atoms with Crippen molar-refractivity contribution in [3.63, 3.8) is 0 Å². The van der Waals surface area contributed by atoms with Crippen molar-refractivity contribution >= 4 is 0 Å². The minimum Gasteiger partial charge on any atom is -0.381 e. The van der Waals surface area contributed by atoms with E-state index in [9.17, 15) is 0 Å². The van der Waals surface area contributed by atoms with Gasteiger partial charge in [0.25, 0.3) is 0 Å². The molecule has 2 aliphatic rings. The molecule has 2 atom stereocenters. The first kappa shape index (κ1) is 12.3. The van der Waals surface area contributed by atoms with E-state index in [0.717, 1.165) is 25.2 Å². The Morgan fingerprint density at radius 1 is 1.38 bits per heavy atom. The summed E-state index contributed by atoms with van der Waals surface area (Å²) in [6.45, 7) is 10.2. The van der Waals surface area contributed by atoms with E-state index in [4.69, 9.17) is 4.74 Å². The van der Waals surface area contributed by atoms with Gasteiger partial charge in [0.1, 0.15) is 0 Å². The van der Waals surface area contributed by atoms with Gasteiger partial charge in [-0.3, -0.25) is 0 Å². The van der Waals surface area contributed by atoms with Crippen LogP contribution in [0.5, 0.6) is 0 Å². The summed E-state index contributed by atoms with van der Waals surface area (Å²) in [5.41, 5.74) is 0. The smallest absolute Gasteiger partial charge is 0.0495 e. The van der Waals surface area contributed by atoms with Gasteiger partial charge in [-0.1, -0.05) is 13.8 Å². The molecule has 0 bridgehead atoms. The minimum absolute atomic E-state index is 0.619. The Labute approximate surface area is 99.5 Å². The van der Waals surface area contributed by atoms with Crippen LogP contribution in [0.1, 0.15) is 33.1 Å². The Bertz CT molecular complexity index is 202. The molecule has 0 aromatic rings. The monoisotopic (exact) mass is 226 g/mol. The summed E-state index contributed by atoms with van der Waals surface area (Å²) in [6, 6.07) is 1.34. The Balaban J connectivity index is 1.60. The predicted octanol–water partition coefficient (Wildman–Crippen LogP) is 1.49. The van der Waals surface area contributed by atoms with Crippen LogP contribution in [0, 0.1) is 5.92 Å². The average molecular weight is 226 g/mol. The molecule has 94 valence electrons. The van der Waals surface area contributed by atoms with Gasteiger partial charge in [0, 0.05) is 31.8 Å². The third-order valence-corrected chi connectivity index (χ3v) is 3.72. The standard InChI is InChI=1S/C13H26N2O/c1-11(2)14-13-4-7-15(9-13)6-3-12-5-8-16-10-12/h11-14H,3-10H2,1-2H3. The van der Waals surface area contributed by atoms with Gasteiger partial charge in [-0.2, -0.15) is 0 Å². The van der Waals surface area contributed by atoms with Crippen LogP contribution in [0.15, 0.2) is 0 Å². The number of ether oxygens (including phenoxy) is 1. The van der Waals surface area contributed by atoms with Crippen molar-refractivity contribution in [2.45, 2.75) is 45.2 Å². The van der Waals surface area contributed by atoms with Gasteiger partial charge in [-0.15, -0.1) is 0 Å². The topological polar surface area (TPSA) is 24.5 Å². The van der Waals surface area contributed by atoms with Crippen molar-refractivity contribution in [3.05, 3.63) is 0 Å². The molecule has 2 heterocycles. The molecule has 3 nitrogen and oxygen atoms in total. The van der Waals surface area contributed by atoms with E-state index in [1.165, 1.54) is 38.9 Å². The molecular weight excluding hydrogens is 200 g/mol. The van der Waals surface area contributed by atoms with Gasteiger partial charge >= 0.3 is 0 Å². The van der Waals surface area contributed by atoms with E-state index in [2.05, 4.69) is 24.1 Å². The highest BCUT2D eigenvalue weighted by Gasteiger charge is 2.24. The van der Waals surface area contributed by atoms with Gasteiger partial charge < -0.3 is 15.0 Å². The van der Waals surface area contributed by atoms with Crippen molar-refractivity contribution in [1.82, 2.24) is 10.2 Å². The average Bonchev–Trinajstić information content (AvgIpc) is 2.84. The molecule has 0 saturated carbocycles. The second kappa shape index (κ2) is 5.99. The van der Waals surface area contributed by atoms with Crippen molar-refractivity contribution in [1.29, 1.82) is 0 Å². The van der Waals surface area contributed by atoms with E-state index in [0.29, 0.717) is 6.04 Å². The fourth-order valence-corrected chi connectivity index (χ4v) is 2.82. The Kier molecular flexibility index (Phi) is 4.62. The predicted molar refractivity (Wildman–Crippen MR) is 66.7 cm³/mol. The number of nitrogens with one attached hydrogen (secondary N) is 1. The van der Waals surface area contributed by atoms with Crippen molar-refractivity contribution < 1.29 is 4.74 Å². The van der Waals surface area contributed by atoms with Crippen molar-refractivity contribution in [2.24, 2.45) is 5.92 Å². The summed E-state index contributed by atoms with van der Waals surface area (Å²) >= 11 is 0. The summed E-state index contributed by atoms with van der Waals surface area (Å²) in [6.07, 6.45) is 3.93. The van der Waals surface area contributed by atoms with E-state index < -0.39 is 0 Å². The highest BCUT2D eigenvalue weighted by atomic mass is 16.5. The molecular formula is C13H26N2O. The van der Waals surface area contributed by atoms with E-state index in [-0.39, 0.29) is 0 Å². The number of rotatable bonds is 5. The first-order valence-corrected chi connectivity index (χ1v) is 6.80. The molecule has 1 N–H and O–H groups in total. The van der Waals surface area contributed by atoms with Crippen LogP contribution >= 0.6 is 0 Å². The molecule has 2 aliphatic heterocycles. The summed E-state index contributed by atoms with van der Waals surface area (Å²) in [4.78, 5) is 2.61. The molecule has 2 fully saturated rings. The van der Waals surface area contributed by atoms with Crippen LogP contribution < -0.4 is 5.32 Å². The second-order valence-electron chi connectivity index (χ2n) is 5.63. The van der Waals surface area contributed by atoms with Crippen LogP contribution in [0.3, 0.4) is 0 Å². The molecule has 0 spiro atoms. The highest BCUT2D eigenvalue weighted by molar-refractivity contribution is 4.82. The summed E-state index contributed by atoms with van der Waals surface area (Å²) in [5.74, 6) is 0.831. The summed E-state index contributed by atoms with van der Waals surface area (Å²) in [7, 11) is 0. The molecule has 0 radical (unpaired) electrons. The summed E-state index contributed by atoms with van der Waals surface area (Å²) in [5, 5.41) is 3.63. The maximum atomic E-state index is 5.42. The number of hydrogen-bond acceptors (Lipinski definition) is 3. The molecule has 0 aliphatic carbocycles. The van der Waals surface area contributed by atoms with Gasteiger partial charge in [-0.05, 0) is 38.3 Å². The van der Waals surface area contributed by atoms with E-state index in [1.807, 2.05) is 0 Å². The van der Waals surface area contributed by atoms with E-state index >= 15 is 0 Å². The first-order chi connectivity index (χ1) is 7.74. The summed E-state index contributed by atoms with van der Waals surface area (Å²) < 4.78 is 5.42. The van der Waals surface area contributed by atoms with Crippen LogP contribution in [0.25, 0.3) is 0 Å². The van der Waals surface area contributed by atoms with Gasteiger partial charge in [0.05, 0.1) is 0 Å². The third kappa shape index (κ3) is 3.72. The zero-order valence-electron chi connectivity index (χ0n) is 10.7. The molecule has 0 aromatic heterocycles.